The summed E-state index contributed by atoms with van der Waals surface area (Å²) in [4.78, 5) is 14.7. The van der Waals surface area contributed by atoms with Crippen LogP contribution in [0.1, 0.15) is 58.8 Å². The van der Waals surface area contributed by atoms with Gasteiger partial charge in [0.1, 0.15) is 0 Å². The summed E-state index contributed by atoms with van der Waals surface area (Å²) in [6.07, 6.45) is 8.95. The summed E-state index contributed by atoms with van der Waals surface area (Å²) in [5.74, 6) is 2.55. The van der Waals surface area contributed by atoms with Crippen LogP contribution in [-0.4, -0.2) is 49.1 Å². The van der Waals surface area contributed by atoms with Crippen molar-refractivity contribution >= 4 is 18.3 Å². The molecular formula is C19H36ClN3O. The number of rotatable bonds is 6. The summed E-state index contributed by atoms with van der Waals surface area (Å²) in [6.45, 7) is 8.54. The lowest BCUT2D eigenvalue weighted by Crippen LogP contribution is -2.50. The van der Waals surface area contributed by atoms with Crippen LogP contribution in [0, 0.1) is 17.8 Å². The first-order chi connectivity index (χ1) is 11.1. The summed E-state index contributed by atoms with van der Waals surface area (Å²) < 4.78 is 0. The lowest BCUT2D eigenvalue weighted by Gasteiger charge is -2.36. The monoisotopic (exact) mass is 357 g/mol. The Kier molecular flexibility index (Phi) is 7.83. The zero-order chi connectivity index (χ0) is 16.2. The van der Waals surface area contributed by atoms with Gasteiger partial charge in [0.15, 0.2) is 0 Å². The second-order valence-electron chi connectivity index (χ2n) is 8.34. The number of nitrogens with one attached hydrogen (secondary N) is 2. The molecule has 2 N–H and O–H groups in total. The summed E-state index contributed by atoms with van der Waals surface area (Å²) >= 11 is 0. The van der Waals surface area contributed by atoms with Crippen LogP contribution in [0.5, 0.6) is 0 Å². The van der Waals surface area contributed by atoms with E-state index in [0.29, 0.717) is 24.5 Å². The maximum Gasteiger partial charge on any atom is 0.234 e. The van der Waals surface area contributed by atoms with E-state index in [9.17, 15) is 4.79 Å². The number of nitrogens with zero attached hydrogens (tertiary/aromatic N) is 1. The third kappa shape index (κ3) is 5.89. The average Bonchev–Trinajstić information content (AvgIpc) is 3.35. The third-order valence-electron chi connectivity index (χ3n) is 6.40. The molecule has 0 aromatic heterocycles. The average molecular weight is 358 g/mol. The van der Waals surface area contributed by atoms with Crippen LogP contribution in [0.3, 0.4) is 0 Å². The summed E-state index contributed by atoms with van der Waals surface area (Å²) in [6, 6.07) is 1.07. The van der Waals surface area contributed by atoms with Gasteiger partial charge in [0.05, 0.1) is 6.54 Å². The summed E-state index contributed by atoms with van der Waals surface area (Å²) in [7, 11) is 0. The Labute approximate surface area is 153 Å². The van der Waals surface area contributed by atoms with Crippen LogP contribution < -0.4 is 10.6 Å². The van der Waals surface area contributed by atoms with Crippen molar-refractivity contribution in [3.63, 3.8) is 0 Å². The van der Waals surface area contributed by atoms with Gasteiger partial charge in [0.2, 0.25) is 5.91 Å². The molecule has 2 aliphatic carbocycles. The minimum absolute atomic E-state index is 0. The van der Waals surface area contributed by atoms with Gasteiger partial charge in [-0.3, -0.25) is 9.69 Å². The maximum atomic E-state index is 12.4. The highest BCUT2D eigenvalue weighted by Gasteiger charge is 2.29. The number of carbonyl (C=O) groups is 1. The smallest absolute Gasteiger partial charge is 0.234 e. The van der Waals surface area contributed by atoms with Crippen LogP contribution in [0.2, 0.25) is 0 Å². The van der Waals surface area contributed by atoms with Gasteiger partial charge >= 0.3 is 0 Å². The van der Waals surface area contributed by atoms with Crippen LogP contribution in [-0.2, 0) is 4.79 Å². The van der Waals surface area contributed by atoms with E-state index in [4.69, 9.17) is 0 Å². The molecule has 0 spiro atoms. The summed E-state index contributed by atoms with van der Waals surface area (Å²) in [5.41, 5.74) is 0. The van der Waals surface area contributed by atoms with E-state index in [1.807, 2.05) is 0 Å². The fourth-order valence-corrected chi connectivity index (χ4v) is 4.19. The fourth-order valence-electron chi connectivity index (χ4n) is 4.19. The molecule has 24 heavy (non-hydrogen) atoms. The second-order valence-corrected chi connectivity index (χ2v) is 8.34. The van der Waals surface area contributed by atoms with Crippen molar-refractivity contribution in [3.8, 4) is 0 Å². The Balaban J connectivity index is 0.00000208. The molecule has 3 fully saturated rings. The van der Waals surface area contributed by atoms with Gasteiger partial charge in [-0.15, -0.1) is 12.4 Å². The van der Waals surface area contributed by atoms with Crippen molar-refractivity contribution in [1.82, 2.24) is 15.5 Å². The Morgan fingerprint density at radius 3 is 2.42 bits per heavy atom. The van der Waals surface area contributed by atoms with Crippen molar-refractivity contribution in [2.24, 2.45) is 17.8 Å². The van der Waals surface area contributed by atoms with Gasteiger partial charge in [0, 0.05) is 25.2 Å². The lowest BCUT2D eigenvalue weighted by atomic mass is 9.78. The highest BCUT2D eigenvalue weighted by Crippen LogP contribution is 2.29. The molecule has 4 nitrogen and oxygen atoms in total. The predicted octanol–water partition coefficient (Wildman–Crippen LogP) is 2.81. The van der Waals surface area contributed by atoms with Crippen molar-refractivity contribution in [2.45, 2.75) is 70.9 Å². The van der Waals surface area contributed by atoms with E-state index >= 15 is 0 Å². The van der Waals surface area contributed by atoms with E-state index in [1.54, 1.807) is 0 Å². The van der Waals surface area contributed by atoms with Gasteiger partial charge in [-0.05, 0) is 56.4 Å². The molecule has 0 bridgehead atoms. The van der Waals surface area contributed by atoms with Crippen molar-refractivity contribution in [2.75, 3.05) is 26.2 Å². The number of halogens is 1. The molecule has 0 aromatic rings. The molecule has 0 aromatic carbocycles. The first kappa shape index (κ1) is 20.0. The van der Waals surface area contributed by atoms with Gasteiger partial charge in [-0.25, -0.2) is 0 Å². The van der Waals surface area contributed by atoms with Gasteiger partial charge in [-0.2, -0.15) is 0 Å². The molecule has 0 radical (unpaired) electrons. The quantitative estimate of drug-likeness (QED) is 0.768. The number of piperidine rings is 1. The van der Waals surface area contributed by atoms with Crippen LogP contribution >= 0.6 is 12.4 Å². The third-order valence-corrected chi connectivity index (χ3v) is 6.40. The standard InChI is InChI=1S/C19H35N3O.ClH/c1-14-4-3-5-18(15(14)2)21-19(23)13-22-10-8-17(9-11-22)20-12-16-6-7-16;/h14-18,20H,3-13H2,1-2H3,(H,21,23);1H. The molecule has 5 heteroatoms. The van der Waals surface area contributed by atoms with Gasteiger partial charge in [-0.1, -0.05) is 26.7 Å². The zero-order valence-electron chi connectivity index (χ0n) is 15.4. The Morgan fingerprint density at radius 2 is 1.75 bits per heavy atom. The normalized spacial score (nSPS) is 32.2. The second kappa shape index (κ2) is 9.40. The van der Waals surface area contributed by atoms with Gasteiger partial charge < -0.3 is 10.6 Å². The van der Waals surface area contributed by atoms with Crippen molar-refractivity contribution in [3.05, 3.63) is 0 Å². The van der Waals surface area contributed by atoms with E-state index < -0.39 is 0 Å². The number of hydrogen-bond donors (Lipinski definition) is 2. The minimum atomic E-state index is 0. The van der Waals surface area contributed by atoms with E-state index in [-0.39, 0.29) is 18.3 Å². The first-order valence-corrected chi connectivity index (χ1v) is 9.87. The number of amides is 1. The number of hydrogen-bond acceptors (Lipinski definition) is 3. The fraction of sp³-hybridized carbons (Fsp3) is 0.947. The Hall–Kier alpha value is -0.320. The SMILES string of the molecule is CC1CCCC(NC(=O)CN2CCC(NCC3CC3)CC2)C1C.Cl. The Morgan fingerprint density at radius 1 is 1.04 bits per heavy atom. The van der Waals surface area contributed by atoms with E-state index in [1.165, 1.54) is 45.1 Å². The molecule has 1 amide bonds. The zero-order valence-corrected chi connectivity index (χ0v) is 16.2. The minimum Gasteiger partial charge on any atom is -0.352 e. The molecule has 140 valence electrons. The van der Waals surface area contributed by atoms with Crippen LogP contribution in [0.4, 0.5) is 0 Å². The van der Waals surface area contributed by atoms with Crippen LogP contribution in [0.25, 0.3) is 0 Å². The highest BCUT2D eigenvalue weighted by molar-refractivity contribution is 5.85. The van der Waals surface area contributed by atoms with E-state index in [0.717, 1.165) is 31.3 Å². The molecule has 3 aliphatic rings. The summed E-state index contributed by atoms with van der Waals surface area (Å²) in [5, 5.41) is 7.02. The Bertz CT molecular complexity index is 394. The topological polar surface area (TPSA) is 44.4 Å². The van der Waals surface area contributed by atoms with Crippen molar-refractivity contribution < 1.29 is 4.79 Å². The predicted molar refractivity (Wildman–Crippen MR) is 102 cm³/mol. The lowest BCUT2D eigenvalue weighted by molar-refractivity contribution is -0.124. The molecule has 1 aliphatic heterocycles. The van der Waals surface area contributed by atoms with Gasteiger partial charge in [0.25, 0.3) is 0 Å². The molecule has 3 unspecified atom stereocenters. The molecule has 3 rings (SSSR count). The molecular weight excluding hydrogens is 322 g/mol. The van der Waals surface area contributed by atoms with E-state index in [2.05, 4.69) is 29.4 Å². The molecule has 3 atom stereocenters. The van der Waals surface area contributed by atoms with Crippen molar-refractivity contribution in [1.29, 1.82) is 0 Å². The molecule has 1 heterocycles. The number of likely N-dealkylation sites (tertiary alicyclic amines) is 1. The maximum absolute atomic E-state index is 12.4. The molecule has 2 saturated carbocycles. The van der Waals surface area contributed by atoms with Crippen LogP contribution in [0.15, 0.2) is 0 Å². The highest BCUT2D eigenvalue weighted by atomic mass is 35.5. The first-order valence-electron chi connectivity index (χ1n) is 9.87. The number of carbonyl (C=O) groups excluding carboxylic acids is 1. The largest absolute Gasteiger partial charge is 0.352 e. The molecule has 1 saturated heterocycles.